The molecule has 0 saturated heterocycles. The normalized spacial score (nSPS) is 13.0. The molecule has 1 N–H and O–H groups in total. The maximum absolute atomic E-state index is 10.2. The van der Waals surface area contributed by atoms with E-state index in [0.29, 0.717) is 4.34 Å². The maximum atomic E-state index is 10.2. The maximum Gasteiger partial charge on any atom is 0.131 e. The second-order valence-electron chi connectivity index (χ2n) is 3.24. The SMILES string of the molecule is CCn1ncc(Br)c1C(O)c1ccc(Cl)s1. The van der Waals surface area contributed by atoms with Crippen LogP contribution in [0.25, 0.3) is 0 Å². The minimum Gasteiger partial charge on any atom is -0.381 e. The molecule has 0 aliphatic heterocycles. The molecular weight excluding hydrogens is 312 g/mol. The van der Waals surface area contributed by atoms with Gasteiger partial charge in [0.1, 0.15) is 6.10 Å². The summed E-state index contributed by atoms with van der Waals surface area (Å²) < 4.78 is 3.25. The average molecular weight is 322 g/mol. The van der Waals surface area contributed by atoms with Crippen molar-refractivity contribution in [2.24, 2.45) is 0 Å². The fourth-order valence-electron chi connectivity index (χ4n) is 1.51. The fraction of sp³-hybridized carbons (Fsp3) is 0.300. The lowest BCUT2D eigenvalue weighted by Crippen LogP contribution is -2.08. The van der Waals surface area contributed by atoms with Gasteiger partial charge in [0.05, 0.1) is 20.7 Å². The molecule has 0 aliphatic carbocycles. The highest BCUT2D eigenvalue weighted by Crippen LogP contribution is 2.33. The van der Waals surface area contributed by atoms with Crippen molar-refractivity contribution >= 4 is 38.9 Å². The van der Waals surface area contributed by atoms with E-state index < -0.39 is 6.10 Å². The van der Waals surface area contributed by atoms with Crippen LogP contribution in [0.3, 0.4) is 0 Å². The molecule has 6 heteroatoms. The molecule has 0 spiro atoms. The predicted molar refractivity (Wildman–Crippen MR) is 69.0 cm³/mol. The van der Waals surface area contributed by atoms with Crippen LogP contribution in [0.5, 0.6) is 0 Å². The zero-order valence-corrected chi connectivity index (χ0v) is 11.7. The molecule has 2 heterocycles. The Kier molecular flexibility index (Phi) is 3.69. The molecule has 0 aromatic carbocycles. The highest BCUT2D eigenvalue weighted by Gasteiger charge is 2.20. The van der Waals surface area contributed by atoms with Gasteiger partial charge < -0.3 is 5.11 Å². The Morgan fingerprint density at radius 2 is 2.38 bits per heavy atom. The van der Waals surface area contributed by atoms with Crippen LogP contribution in [-0.4, -0.2) is 14.9 Å². The molecule has 2 aromatic heterocycles. The summed E-state index contributed by atoms with van der Waals surface area (Å²) >= 11 is 10.6. The second kappa shape index (κ2) is 4.87. The van der Waals surface area contributed by atoms with Crippen molar-refractivity contribution < 1.29 is 5.11 Å². The van der Waals surface area contributed by atoms with Crippen LogP contribution in [0.4, 0.5) is 0 Å². The van der Waals surface area contributed by atoms with Gasteiger partial charge in [0.15, 0.2) is 0 Å². The van der Waals surface area contributed by atoms with Crippen LogP contribution in [0, 0.1) is 0 Å². The molecule has 0 aliphatic rings. The lowest BCUT2D eigenvalue weighted by molar-refractivity contribution is 0.211. The van der Waals surface area contributed by atoms with E-state index in [0.717, 1.165) is 21.6 Å². The minimum atomic E-state index is -0.686. The summed E-state index contributed by atoms with van der Waals surface area (Å²) in [5.41, 5.74) is 0.765. The topological polar surface area (TPSA) is 38.0 Å². The zero-order chi connectivity index (χ0) is 11.7. The summed E-state index contributed by atoms with van der Waals surface area (Å²) in [6.07, 6.45) is 1.01. The minimum absolute atomic E-state index is 0.674. The third-order valence-corrected chi connectivity index (χ3v) is 4.15. The number of nitrogens with zero attached hydrogens (tertiary/aromatic N) is 2. The molecule has 16 heavy (non-hydrogen) atoms. The predicted octanol–water partition coefficient (Wildman–Crippen LogP) is 3.46. The Morgan fingerprint density at radius 1 is 1.62 bits per heavy atom. The van der Waals surface area contributed by atoms with E-state index in [4.69, 9.17) is 11.6 Å². The van der Waals surface area contributed by atoms with Crippen LogP contribution in [-0.2, 0) is 6.54 Å². The number of halogens is 2. The molecule has 0 amide bonds. The molecule has 2 rings (SSSR count). The molecule has 0 fully saturated rings. The van der Waals surface area contributed by atoms with Crippen LogP contribution < -0.4 is 0 Å². The van der Waals surface area contributed by atoms with E-state index in [1.807, 2.05) is 13.0 Å². The number of hydrogen-bond donors (Lipinski definition) is 1. The number of aliphatic hydroxyl groups excluding tert-OH is 1. The van der Waals surface area contributed by atoms with Crippen molar-refractivity contribution in [1.82, 2.24) is 9.78 Å². The first-order valence-corrected chi connectivity index (χ1v) is 6.76. The quantitative estimate of drug-likeness (QED) is 0.940. The van der Waals surface area contributed by atoms with Gasteiger partial charge in [-0.3, -0.25) is 4.68 Å². The van der Waals surface area contributed by atoms with Crippen molar-refractivity contribution in [2.75, 3.05) is 0 Å². The monoisotopic (exact) mass is 320 g/mol. The number of rotatable bonds is 3. The average Bonchev–Trinajstić information content (AvgIpc) is 2.83. The number of thiophene rings is 1. The summed E-state index contributed by atoms with van der Waals surface area (Å²) in [6.45, 7) is 2.70. The molecule has 0 saturated carbocycles. The third kappa shape index (κ3) is 2.18. The zero-order valence-electron chi connectivity index (χ0n) is 8.52. The Bertz CT molecular complexity index is 497. The summed E-state index contributed by atoms with van der Waals surface area (Å²) in [5.74, 6) is 0. The van der Waals surface area contributed by atoms with E-state index in [2.05, 4.69) is 21.0 Å². The second-order valence-corrected chi connectivity index (χ2v) is 5.84. The van der Waals surface area contributed by atoms with E-state index in [9.17, 15) is 5.11 Å². The summed E-state index contributed by atoms with van der Waals surface area (Å²) in [4.78, 5) is 0.820. The van der Waals surface area contributed by atoms with Gasteiger partial charge in [-0.2, -0.15) is 5.10 Å². The van der Waals surface area contributed by atoms with Gasteiger partial charge in [-0.15, -0.1) is 11.3 Å². The highest BCUT2D eigenvalue weighted by molar-refractivity contribution is 9.10. The summed E-state index contributed by atoms with van der Waals surface area (Å²) in [5, 5.41) is 14.4. The number of aryl methyl sites for hydroxylation is 1. The van der Waals surface area contributed by atoms with E-state index in [1.54, 1.807) is 16.9 Å². The highest BCUT2D eigenvalue weighted by atomic mass is 79.9. The Morgan fingerprint density at radius 3 is 2.94 bits per heavy atom. The lowest BCUT2D eigenvalue weighted by atomic mass is 10.2. The number of hydrogen-bond acceptors (Lipinski definition) is 3. The van der Waals surface area contributed by atoms with Crippen molar-refractivity contribution in [3.63, 3.8) is 0 Å². The molecule has 1 unspecified atom stereocenters. The van der Waals surface area contributed by atoms with Crippen molar-refractivity contribution in [1.29, 1.82) is 0 Å². The van der Waals surface area contributed by atoms with Gasteiger partial charge in [0.25, 0.3) is 0 Å². The first-order chi connectivity index (χ1) is 7.63. The number of aromatic nitrogens is 2. The van der Waals surface area contributed by atoms with Gasteiger partial charge in [-0.25, -0.2) is 0 Å². The first-order valence-electron chi connectivity index (χ1n) is 4.78. The summed E-state index contributed by atoms with van der Waals surface area (Å²) in [7, 11) is 0. The summed E-state index contributed by atoms with van der Waals surface area (Å²) in [6, 6.07) is 3.61. The molecular formula is C10H10BrClN2OS. The fourth-order valence-corrected chi connectivity index (χ4v) is 3.07. The molecule has 2 aromatic rings. The third-order valence-electron chi connectivity index (χ3n) is 2.26. The largest absolute Gasteiger partial charge is 0.381 e. The van der Waals surface area contributed by atoms with Crippen LogP contribution in [0.15, 0.2) is 22.8 Å². The Labute approximate surface area is 111 Å². The first kappa shape index (κ1) is 12.1. The molecule has 86 valence electrons. The van der Waals surface area contributed by atoms with Gasteiger partial charge in [0, 0.05) is 11.4 Å². The smallest absolute Gasteiger partial charge is 0.131 e. The molecule has 3 nitrogen and oxygen atoms in total. The Hall–Kier alpha value is -0.360. The van der Waals surface area contributed by atoms with Crippen molar-refractivity contribution in [3.8, 4) is 0 Å². The Balaban J connectivity index is 2.40. The lowest BCUT2D eigenvalue weighted by Gasteiger charge is -2.11. The number of aliphatic hydroxyl groups is 1. The van der Waals surface area contributed by atoms with Gasteiger partial charge in [-0.05, 0) is 35.0 Å². The van der Waals surface area contributed by atoms with E-state index in [1.165, 1.54) is 11.3 Å². The molecule has 1 atom stereocenters. The van der Waals surface area contributed by atoms with Crippen molar-refractivity contribution in [2.45, 2.75) is 19.6 Å². The van der Waals surface area contributed by atoms with Crippen LogP contribution >= 0.6 is 38.9 Å². The molecule has 0 radical (unpaired) electrons. The molecule has 0 bridgehead atoms. The van der Waals surface area contributed by atoms with E-state index in [-0.39, 0.29) is 0 Å². The van der Waals surface area contributed by atoms with Crippen LogP contribution in [0.2, 0.25) is 4.34 Å². The van der Waals surface area contributed by atoms with Crippen LogP contribution in [0.1, 0.15) is 23.6 Å². The standard InChI is InChI=1S/C10H10BrClN2OS/c1-2-14-9(6(11)5-13-14)10(15)7-3-4-8(12)16-7/h3-5,10,15H,2H2,1H3. The van der Waals surface area contributed by atoms with E-state index >= 15 is 0 Å². The van der Waals surface area contributed by atoms with Gasteiger partial charge in [0.2, 0.25) is 0 Å². The van der Waals surface area contributed by atoms with Gasteiger partial charge in [-0.1, -0.05) is 11.6 Å². The van der Waals surface area contributed by atoms with Crippen molar-refractivity contribution in [3.05, 3.63) is 37.7 Å². The van der Waals surface area contributed by atoms with Gasteiger partial charge >= 0.3 is 0 Å².